The van der Waals surface area contributed by atoms with Gasteiger partial charge < -0.3 is 10.4 Å². The Morgan fingerprint density at radius 1 is 1.24 bits per heavy atom. The molecule has 0 fully saturated rings. The SMILES string of the molecule is Cc1cccc(C(=O)Nc2ccccn2)c1O. The summed E-state index contributed by atoms with van der Waals surface area (Å²) in [6, 6.07) is 10.3. The van der Waals surface area contributed by atoms with Crippen LogP contribution >= 0.6 is 0 Å². The second kappa shape index (κ2) is 4.65. The van der Waals surface area contributed by atoms with Crippen molar-refractivity contribution in [1.82, 2.24) is 4.98 Å². The molecular formula is C13H12N2O2. The largest absolute Gasteiger partial charge is 0.507 e. The van der Waals surface area contributed by atoms with E-state index in [9.17, 15) is 9.90 Å². The van der Waals surface area contributed by atoms with E-state index in [1.54, 1.807) is 49.5 Å². The number of anilines is 1. The van der Waals surface area contributed by atoms with Gasteiger partial charge in [0.25, 0.3) is 5.91 Å². The number of aryl methyl sites for hydroxylation is 1. The molecule has 0 radical (unpaired) electrons. The standard InChI is InChI=1S/C13H12N2O2/c1-9-5-4-6-10(12(9)16)13(17)15-11-7-2-3-8-14-11/h2-8,16H,1H3,(H,14,15,17). The molecule has 1 aromatic heterocycles. The summed E-state index contributed by atoms with van der Waals surface area (Å²) in [7, 11) is 0. The lowest BCUT2D eigenvalue weighted by Gasteiger charge is -2.07. The Hall–Kier alpha value is -2.36. The summed E-state index contributed by atoms with van der Waals surface area (Å²) in [6.45, 7) is 1.74. The van der Waals surface area contributed by atoms with Crippen LogP contribution in [0.4, 0.5) is 5.82 Å². The Bertz CT molecular complexity index is 538. The average Bonchev–Trinajstić information content (AvgIpc) is 2.34. The van der Waals surface area contributed by atoms with Gasteiger partial charge in [-0.2, -0.15) is 0 Å². The molecule has 0 aliphatic carbocycles. The van der Waals surface area contributed by atoms with Gasteiger partial charge in [-0.15, -0.1) is 0 Å². The molecule has 1 heterocycles. The van der Waals surface area contributed by atoms with Crippen LogP contribution in [0.5, 0.6) is 5.75 Å². The number of hydrogen-bond acceptors (Lipinski definition) is 3. The van der Waals surface area contributed by atoms with Gasteiger partial charge in [0.15, 0.2) is 0 Å². The predicted octanol–water partition coefficient (Wildman–Crippen LogP) is 2.35. The Morgan fingerprint density at radius 2 is 2.06 bits per heavy atom. The molecule has 0 saturated carbocycles. The Morgan fingerprint density at radius 3 is 2.76 bits per heavy atom. The molecular weight excluding hydrogens is 216 g/mol. The van der Waals surface area contributed by atoms with Gasteiger partial charge in [-0.25, -0.2) is 4.98 Å². The highest BCUT2D eigenvalue weighted by molar-refractivity contribution is 6.05. The van der Waals surface area contributed by atoms with E-state index in [-0.39, 0.29) is 17.2 Å². The number of pyridine rings is 1. The van der Waals surface area contributed by atoms with Gasteiger partial charge in [0.1, 0.15) is 11.6 Å². The van der Waals surface area contributed by atoms with Crippen LogP contribution in [0.3, 0.4) is 0 Å². The van der Waals surface area contributed by atoms with E-state index in [4.69, 9.17) is 0 Å². The smallest absolute Gasteiger partial charge is 0.260 e. The number of nitrogens with one attached hydrogen (secondary N) is 1. The second-order valence-electron chi connectivity index (χ2n) is 3.64. The molecule has 4 nitrogen and oxygen atoms in total. The maximum absolute atomic E-state index is 11.9. The number of aromatic nitrogens is 1. The van der Waals surface area contributed by atoms with Crippen molar-refractivity contribution in [1.29, 1.82) is 0 Å². The van der Waals surface area contributed by atoms with Gasteiger partial charge in [-0.1, -0.05) is 18.2 Å². The minimum atomic E-state index is -0.370. The van der Waals surface area contributed by atoms with Crippen LogP contribution < -0.4 is 5.32 Å². The van der Waals surface area contributed by atoms with Gasteiger partial charge in [-0.05, 0) is 30.7 Å². The van der Waals surface area contributed by atoms with Crippen molar-refractivity contribution in [3.63, 3.8) is 0 Å². The lowest BCUT2D eigenvalue weighted by atomic mass is 10.1. The second-order valence-corrected chi connectivity index (χ2v) is 3.64. The number of amides is 1. The molecule has 0 unspecified atom stereocenters. The van der Waals surface area contributed by atoms with Crippen LogP contribution in [-0.2, 0) is 0 Å². The first kappa shape index (κ1) is 11.1. The number of phenolic OH excluding ortho intramolecular Hbond substituents is 1. The van der Waals surface area contributed by atoms with E-state index >= 15 is 0 Å². The van der Waals surface area contributed by atoms with Crippen molar-refractivity contribution < 1.29 is 9.90 Å². The Labute approximate surface area is 98.9 Å². The van der Waals surface area contributed by atoms with Crippen LogP contribution in [-0.4, -0.2) is 16.0 Å². The van der Waals surface area contributed by atoms with E-state index in [0.717, 1.165) is 0 Å². The minimum absolute atomic E-state index is 0.000862. The first-order valence-electron chi connectivity index (χ1n) is 5.19. The normalized spacial score (nSPS) is 9.94. The number of phenols is 1. The third-order valence-electron chi connectivity index (χ3n) is 2.39. The molecule has 1 amide bonds. The average molecular weight is 228 g/mol. The highest BCUT2D eigenvalue weighted by atomic mass is 16.3. The number of carbonyl (C=O) groups is 1. The summed E-state index contributed by atoms with van der Waals surface area (Å²) < 4.78 is 0. The molecule has 86 valence electrons. The molecule has 2 N–H and O–H groups in total. The number of benzene rings is 1. The fourth-order valence-electron chi connectivity index (χ4n) is 1.46. The number of nitrogens with zero attached hydrogens (tertiary/aromatic N) is 1. The minimum Gasteiger partial charge on any atom is -0.507 e. The van der Waals surface area contributed by atoms with E-state index in [1.165, 1.54) is 0 Å². The highest BCUT2D eigenvalue weighted by Crippen LogP contribution is 2.22. The summed E-state index contributed by atoms with van der Waals surface area (Å²) in [5.41, 5.74) is 0.911. The van der Waals surface area contributed by atoms with Crippen LogP contribution in [0.25, 0.3) is 0 Å². The summed E-state index contributed by atoms with van der Waals surface area (Å²) in [6.07, 6.45) is 1.59. The molecule has 1 aromatic carbocycles. The Kier molecular flexibility index (Phi) is 3.05. The first-order valence-corrected chi connectivity index (χ1v) is 5.19. The number of rotatable bonds is 2. The van der Waals surface area contributed by atoms with Gasteiger partial charge in [0, 0.05) is 6.20 Å². The van der Waals surface area contributed by atoms with Crippen LogP contribution in [0.1, 0.15) is 15.9 Å². The summed E-state index contributed by atoms with van der Waals surface area (Å²) >= 11 is 0. The quantitative estimate of drug-likeness (QED) is 0.829. The van der Waals surface area contributed by atoms with Gasteiger partial charge in [-0.3, -0.25) is 4.79 Å². The number of hydrogen-bond donors (Lipinski definition) is 2. The van der Waals surface area contributed by atoms with Crippen LogP contribution in [0.2, 0.25) is 0 Å². The van der Waals surface area contributed by atoms with Gasteiger partial charge >= 0.3 is 0 Å². The maximum atomic E-state index is 11.9. The zero-order valence-corrected chi connectivity index (χ0v) is 9.34. The molecule has 2 rings (SSSR count). The molecule has 0 aliphatic heterocycles. The Balaban J connectivity index is 2.24. The van der Waals surface area contributed by atoms with Crippen molar-refractivity contribution in [3.8, 4) is 5.75 Å². The lowest BCUT2D eigenvalue weighted by molar-refractivity contribution is 0.102. The maximum Gasteiger partial charge on any atom is 0.260 e. The number of carbonyl (C=O) groups excluding carboxylic acids is 1. The zero-order valence-electron chi connectivity index (χ0n) is 9.34. The monoisotopic (exact) mass is 228 g/mol. The van der Waals surface area contributed by atoms with E-state index in [1.807, 2.05) is 0 Å². The van der Waals surface area contributed by atoms with E-state index in [0.29, 0.717) is 11.4 Å². The summed E-state index contributed by atoms with van der Waals surface area (Å²) in [5, 5.41) is 12.4. The molecule has 2 aromatic rings. The van der Waals surface area contributed by atoms with Crippen molar-refractivity contribution in [3.05, 3.63) is 53.7 Å². The molecule has 17 heavy (non-hydrogen) atoms. The lowest BCUT2D eigenvalue weighted by Crippen LogP contribution is -2.13. The van der Waals surface area contributed by atoms with Gasteiger partial charge in [0.05, 0.1) is 5.56 Å². The summed E-state index contributed by atoms with van der Waals surface area (Å²) in [4.78, 5) is 15.9. The molecule has 4 heteroatoms. The van der Waals surface area contributed by atoms with Crippen molar-refractivity contribution in [2.45, 2.75) is 6.92 Å². The fraction of sp³-hybridized carbons (Fsp3) is 0.0769. The van der Waals surface area contributed by atoms with Crippen LogP contribution in [0, 0.1) is 6.92 Å². The zero-order chi connectivity index (χ0) is 12.3. The third kappa shape index (κ3) is 2.42. The number of para-hydroxylation sites is 1. The molecule has 0 aliphatic rings. The van der Waals surface area contributed by atoms with Crippen molar-refractivity contribution in [2.24, 2.45) is 0 Å². The van der Waals surface area contributed by atoms with E-state index in [2.05, 4.69) is 10.3 Å². The topological polar surface area (TPSA) is 62.2 Å². The number of aromatic hydroxyl groups is 1. The molecule has 0 atom stereocenters. The van der Waals surface area contributed by atoms with E-state index < -0.39 is 0 Å². The van der Waals surface area contributed by atoms with Gasteiger partial charge in [0.2, 0.25) is 0 Å². The molecule has 0 saturated heterocycles. The van der Waals surface area contributed by atoms with Crippen LogP contribution in [0.15, 0.2) is 42.6 Å². The first-order chi connectivity index (χ1) is 8.18. The summed E-state index contributed by atoms with van der Waals surface area (Å²) in [5.74, 6) is 0.0873. The highest BCUT2D eigenvalue weighted by Gasteiger charge is 2.12. The van der Waals surface area contributed by atoms with Crippen molar-refractivity contribution >= 4 is 11.7 Å². The fourth-order valence-corrected chi connectivity index (χ4v) is 1.46. The van der Waals surface area contributed by atoms with Crippen molar-refractivity contribution in [2.75, 3.05) is 5.32 Å². The molecule has 0 bridgehead atoms. The predicted molar refractivity (Wildman–Crippen MR) is 65.0 cm³/mol. The third-order valence-corrected chi connectivity index (χ3v) is 2.39. The molecule has 0 spiro atoms.